The number of amides is 1. The molecule has 0 bridgehead atoms. The number of pyridine rings is 1. The van der Waals surface area contributed by atoms with Crippen LogP contribution in [0.25, 0.3) is 0 Å². The largest absolute Gasteiger partial charge is 0.474 e. The second kappa shape index (κ2) is 7.94. The van der Waals surface area contributed by atoms with Gasteiger partial charge in [-0.25, -0.2) is 4.98 Å². The highest BCUT2D eigenvalue weighted by Crippen LogP contribution is 2.44. The zero-order valence-electron chi connectivity index (χ0n) is 15.6. The number of carbonyl (C=O) groups excluding carboxylic acids is 1. The molecule has 1 aliphatic carbocycles. The molecule has 0 radical (unpaired) electrons. The van der Waals surface area contributed by atoms with Crippen LogP contribution >= 0.6 is 12.4 Å². The van der Waals surface area contributed by atoms with Crippen LogP contribution in [-0.4, -0.2) is 61.3 Å². The van der Waals surface area contributed by atoms with E-state index in [0.29, 0.717) is 17.8 Å². The zero-order chi connectivity index (χ0) is 17.5. The summed E-state index contributed by atoms with van der Waals surface area (Å²) < 4.78 is 11.6. The van der Waals surface area contributed by atoms with Crippen molar-refractivity contribution in [1.82, 2.24) is 15.2 Å². The van der Waals surface area contributed by atoms with Gasteiger partial charge in [-0.15, -0.1) is 12.4 Å². The fourth-order valence-corrected chi connectivity index (χ4v) is 4.53. The standard InChI is InChI=1S/C20H27N3O3.ClH/c24-20(23-11-15-8-21-9-16(15)12-23)14-7-18(13-1-2-13)19(22-10-14)26-17-3-5-25-6-4-17;/h7,10,13,15-17,21H,1-6,8-9,11-12H2;1H/t15-,16-;/m0./s1. The van der Waals surface area contributed by atoms with Crippen LogP contribution in [-0.2, 0) is 4.74 Å². The van der Waals surface area contributed by atoms with Crippen molar-refractivity contribution in [2.45, 2.75) is 37.7 Å². The van der Waals surface area contributed by atoms with E-state index in [2.05, 4.69) is 10.3 Å². The van der Waals surface area contributed by atoms with Gasteiger partial charge >= 0.3 is 0 Å². The van der Waals surface area contributed by atoms with Crippen LogP contribution in [0.4, 0.5) is 0 Å². The lowest BCUT2D eigenvalue weighted by atomic mass is 10.0. The van der Waals surface area contributed by atoms with Crippen LogP contribution in [0, 0.1) is 11.8 Å². The van der Waals surface area contributed by atoms with Crippen molar-refractivity contribution in [1.29, 1.82) is 0 Å². The molecule has 0 unspecified atom stereocenters. The van der Waals surface area contributed by atoms with Gasteiger partial charge < -0.3 is 19.7 Å². The number of fused-ring (bicyclic) bond motifs is 1. The van der Waals surface area contributed by atoms with Crippen LogP contribution in [0.15, 0.2) is 12.3 Å². The van der Waals surface area contributed by atoms with Crippen molar-refractivity contribution in [3.05, 3.63) is 23.4 Å². The lowest BCUT2D eigenvalue weighted by Gasteiger charge is -2.24. The number of carbonyl (C=O) groups is 1. The van der Waals surface area contributed by atoms with Gasteiger partial charge in [-0.05, 0) is 36.7 Å². The molecule has 3 saturated heterocycles. The molecule has 1 aromatic heterocycles. The van der Waals surface area contributed by atoms with Gasteiger partial charge in [0.1, 0.15) is 6.10 Å². The minimum atomic E-state index is 0. The average Bonchev–Trinajstić information content (AvgIpc) is 3.29. The summed E-state index contributed by atoms with van der Waals surface area (Å²) in [5.74, 6) is 2.61. The first kappa shape index (κ1) is 19.0. The molecule has 1 amide bonds. The highest BCUT2D eigenvalue weighted by Gasteiger charge is 2.39. The number of likely N-dealkylation sites (tertiary alicyclic amines) is 1. The first-order valence-electron chi connectivity index (χ1n) is 10.0. The van der Waals surface area contributed by atoms with Crippen LogP contribution in [0.3, 0.4) is 0 Å². The van der Waals surface area contributed by atoms with Crippen LogP contribution in [0.5, 0.6) is 5.88 Å². The Morgan fingerprint density at radius 3 is 2.52 bits per heavy atom. The summed E-state index contributed by atoms with van der Waals surface area (Å²) in [5, 5.41) is 3.43. The monoisotopic (exact) mass is 393 g/mol. The first-order valence-corrected chi connectivity index (χ1v) is 10.0. The molecule has 2 atom stereocenters. The van der Waals surface area contributed by atoms with E-state index in [0.717, 1.165) is 69.2 Å². The van der Waals surface area contributed by atoms with E-state index < -0.39 is 0 Å². The summed E-state index contributed by atoms with van der Waals surface area (Å²) in [6, 6.07) is 2.05. The summed E-state index contributed by atoms with van der Waals surface area (Å²) in [6.07, 6.45) is 6.07. The second-order valence-corrected chi connectivity index (χ2v) is 8.21. The van der Waals surface area contributed by atoms with E-state index in [9.17, 15) is 4.79 Å². The third-order valence-corrected chi connectivity index (χ3v) is 6.27. The maximum Gasteiger partial charge on any atom is 0.255 e. The summed E-state index contributed by atoms with van der Waals surface area (Å²) in [6.45, 7) is 5.33. The van der Waals surface area contributed by atoms with Crippen molar-refractivity contribution in [2.24, 2.45) is 11.8 Å². The van der Waals surface area contributed by atoms with Crippen molar-refractivity contribution >= 4 is 18.3 Å². The maximum absolute atomic E-state index is 13.0. The van der Waals surface area contributed by atoms with Gasteiger partial charge in [-0.3, -0.25) is 4.79 Å². The molecule has 0 aromatic carbocycles. The topological polar surface area (TPSA) is 63.7 Å². The fourth-order valence-electron chi connectivity index (χ4n) is 4.53. The van der Waals surface area contributed by atoms with E-state index >= 15 is 0 Å². The Bertz CT molecular complexity index is 679. The third-order valence-electron chi connectivity index (χ3n) is 6.27. The molecule has 5 rings (SSSR count). The predicted octanol–water partition coefficient (Wildman–Crippen LogP) is 2.23. The Hall–Kier alpha value is -1.37. The van der Waals surface area contributed by atoms with Crippen LogP contribution in [0.1, 0.15) is 47.5 Å². The predicted molar refractivity (Wildman–Crippen MR) is 104 cm³/mol. The number of nitrogens with zero attached hydrogens (tertiary/aromatic N) is 2. The summed E-state index contributed by atoms with van der Waals surface area (Å²) in [5.41, 5.74) is 1.85. The Morgan fingerprint density at radius 1 is 1.15 bits per heavy atom. The molecule has 148 valence electrons. The number of nitrogens with one attached hydrogen (secondary N) is 1. The van der Waals surface area contributed by atoms with Crippen molar-refractivity contribution in [3.63, 3.8) is 0 Å². The van der Waals surface area contributed by atoms with E-state index in [1.54, 1.807) is 6.20 Å². The molecule has 4 heterocycles. The Kier molecular flexibility index (Phi) is 5.58. The van der Waals surface area contributed by atoms with Gasteiger partial charge in [0, 0.05) is 50.8 Å². The smallest absolute Gasteiger partial charge is 0.255 e. The fraction of sp³-hybridized carbons (Fsp3) is 0.700. The number of hydrogen-bond acceptors (Lipinski definition) is 5. The average molecular weight is 394 g/mol. The van der Waals surface area contributed by atoms with Crippen molar-refractivity contribution in [2.75, 3.05) is 39.4 Å². The molecular formula is C20H28ClN3O3. The molecule has 4 fully saturated rings. The molecule has 1 aromatic rings. The van der Waals surface area contributed by atoms with Crippen LogP contribution in [0.2, 0.25) is 0 Å². The third kappa shape index (κ3) is 3.93. The molecule has 4 aliphatic rings. The lowest BCUT2D eigenvalue weighted by Crippen LogP contribution is -2.32. The molecule has 27 heavy (non-hydrogen) atoms. The molecular weight excluding hydrogens is 366 g/mol. The van der Waals surface area contributed by atoms with Gasteiger partial charge in [0.05, 0.1) is 18.8 Å². The number of halogens is 1. The first-order chi connectivity index (χ1) is 12.8. The zero-order valence-corrected chi connectivity index (χ0v) is 16.4. The highest BCUT2D eigenvalue weighted by atomic mass is 35.5. The van der Waals surface area contributed by atoms with Gasteiger partial charge in [0.15, 0.2) is 0 Å². The molecule has 0 spiro atoms. The second-order valence-electron chi connectivity index (χ2n) is 8.21. The molecule has 7 heteroatoms. The summed E-state index contributed by atoms with van der Waals surface area (Å²) in [4.78, 5) is 19.6. The van der Waals surface area contributed by atoms with Gasteiger partial charge in [0.2, 0.25) is 5.88 Å². The maximum atomic E-state index is 13.0. The lowest BCUT2D eigenvalue weighted by molar-refractivity contribution is 0.0233. The minimum absolute atomic E-state index is 0. The Labute approximate surface area is 166 Å². The highest BCUT2D eigenvalue weighted by molar-refractivity contribution is 5.94. The van der Waals surface area contributed by atoms with Gasteiger partial charge in [-0.1, -0.05) is 0 Å². The number of ether oxygens (including phenoxy) is 2. The van der Waals surface area contributed by atoms with Crippen LogP contribution < -0.4 is 10.1 Å². The van der Waals surface area contributed by atoms with E-state index in [4.69, 9.17) is 9.47 Å². The summed E-state index contributed by atoms with van der Waals surface area (Å²) >= 11 is 0. The Balaban J connectivity index is 0.00000180. The van der Waals surface area contributed by atoms with E-state index in [1.807, 2.05) is 11.0 Å². The molecule has 6 nitrogen and oxygen atoms in total. The molecule has 3 aliphatic heterocycles. The quantitative estimate of drug-likeness (QED) is 0.849. The molecule has 1 saturated carbocycles. The van der Waals surface area contributed by atoms with Gasteiger partial charge in [-0.2, -0.15) is 0 Å². The SMILES string of the molecule is Cl.O=C(c1cnc(OC2CCOCC2)c(C2CC2)c1)N1C[C@@H]2CNC[C@H]2C1. The molecule has 1 N–H and O–H groups in total. The Morgan fingerprint density at radius 2 is 1.85 bits per heavy atom. The van der Waals surface area contributed by atoms with E-state index in [1.165, 1.54) is 12.8 Å². The minimum Gasteiger partial charge on any atom is -0.474 e. The van der Waals surface area contributed by atoms with Crippen molar-refractivity contribution in [3.8, 4) is 5.88 Å². The summed E-state index contributed by atoms with van der Waals surface area (Å²) in [7, 11) is 0. The van der Waals surface area contributed by atoms with Gasteiger partial charge in [0.25, 0.3) is 5.91 Å². The number of hydrogen-bond donors (Lipinski definition) is 1. The van der Waals surface area contributed by atoms with E-state index in [-0.39, 0.29) is 24.4 Å². The van der Waals surface area contributed by atoms with Crippen molar-refractivity contribution < 1.29 is 14.3 Å². The number of rotatable bonds is 4. The number of aromatic nitrogens is 1. The normalized spacial score (nSPS) is 27.9.